The third-order valence-corrected chi connectivity index (χ3v) is 17.2. The molecular weight excluding hydrogens is 728 g/mol. The number of allylic oxidation sites excluding steroid dienone is 2. The Hall–Kier alpha value is -1.72. The third kappa shape index (κ3) is 6.17. The molecule has 5 aliphatic carbocycles. The Balaban J connectivity index is 1.16. The summed E-state index contributed by atoms with van der Waals surface area (Å²) >= 11 is 0. The van der Waals surface area contributed by atoms with E-state index in [1.807, 2.05) is 0 Å². The van der Waals surface area contributed by atoms with Gasteiger partial charge < -0.3 is 59.8 Å². The second kappa shape index (κ2) is 14.2. The van der Waals surface area contributed by atoms with E-state index >= 15 is 0 Å². The number of carboxylic acid groups (broad SMARTS) is 1. The normalized spacial score (nSPS) is 52.3. The number of carbonyl (C=O) groups is 2. The van der Waals surface area contributed by atoms with Crippen molar-refractivity contribution in [2.45, 2.75) is 180 Å². The van der Waals surface area contributed by atoms with Gasteiger partial charge in [-0.3, -0.25) is 4.79 Å². The van der Waals surface area contributed by atoms with Gasteiger partial charge in [-0.15, -0.1) is 0 Å². The molecule has 18 atom stereocenters. The molecule has 8 N–H and O–H groups in total. The van der Waals surface area contributed by atoms with Gasteiger partial charge in [-0.1, -0.05) is 60.1 Å². The molecule has 56 heavy (non-hydrogen) atoms. The van der Waals surface area contributed by atoms with Crippen LogP contribution < -0.4 is 0 Å². The number of aliphatic carboxylic acids is 1. The highest BCUT2D eigenvalue weighted by molar-refractivity contribution is 5.79. The van der Waals surface area contributed by atoms with Gasteiger partial charge in [0, 0.05) is 0 Å². The lowest BCUT2D eigenvalue weighted by Gasteiger charge is -2.71. The lowest BCUT2D eigenvalue weighted by atomic mass is 9.33. The Morgan fingerprint density at radius 2 is 1.39 bits per heavy atom. The Morgan fingerprint density at radius 1 is 0.750 bits per heavy atom. The molecule has 2 aliphatic heterocycles. The van der Waals surface area contributed by atoms with Crippen LogP contribution in [0.15, 0.2) is 11.6 Å². The molecule has 4 saturated carbocycles. The molecule has 318 valence electrons. The predicted octanol–water partition coefficient (Wildman–Crippen LogP) is 2.41. The molecule has 14 nitrogen and oxygen atoms in total. The monoisotopic (exact) mass is 794 g/mol. The van der Waals surface area contributed by atoms with E-state index in [1.165, 1.54) is 5.57 Å². The fraction of sp³-hybridized carbons (Fsp3) is 0.905. The number of aliphatic hydroxyl groups excluding tert-OH is 7. The van der Waals surface area contributed by atoms with E-state index in [2.05, 4.69) is 54.5 Å². The Morgan fingerprint density at radius 3 is 2.05 bits per heavy atom. The van der Waals surface area contributed by atoms with Crippen LogP contribution >= 0.6 is 0 Å². The Labute approximate surface area is 329 Å². The van der Waals surface area contributed by atoms with Crippen molar-refractivity contribution in [2.24, 2.45) is 50.2 Å². The SMILES string of the molecule is CC1(C)CC[C@]2(C(=O)O[C@@H]3O[C@H](CO)[C@@H](O)[C@@H](O)[C@@H]3O)CC[C@]3(C)C(=CCC4[C@@]5(C)CC[C@H](O[C@@H]6O[C@H](C(=O)O)[C@@H](O)[C@H](O)[C@H]6O)C(C)(C)[C@@H]5CC[C@]43C)C2C1. The first-order chi connectivity index (χ1) is 26.0. The number of hydrogen-bond acceptors (Lipinski definition) is 13. The molecule has 2 unspecified atom stereocenters. The summed E-state index contributed by atoms with van der Waals surface area (Å²) in [7, 11) is 0. The van der Waals surface area contributed by atoms with Crippen molar-refractivity contribution in [1.29, 1.82) is 0 Å². The van der Waals surface area contributed by atoms with Gasteiger partial charge in [-0.05, 0) is 109 Å². The number of carbonyl (C=O) groups excluding carboxylic acids is 1. The van der Waals surface area contributed by atoms with Crippen molar-refractivity contribution in [2.75, 3.05) is 6.61 Å². The highest BCUT2D eigenvalue weighted by Crippen LogP contribution is 2.76. The van der Waals surface area contributed by atoms with Crippen LogP contribution in [0.25, 0.3) is 0 Å². The smallest absolute Gasteiger partial charge is 0.335 e. The summed E-state index contributed by atoms with van der Waals surface area (Å²) in [6, 6.07) is 0. The number of hydrogen-bond donors (Lipinski definition) is 8. The van der Waals surface area contributed by atoms with E-state index in [1.54, 1.807) is 0 Å². The van der Waals surface area contributed by atoms with Crippen LogP contribution in [0.5, 0.6) is 0 Å². The molecule has 0 aromatic carbocycles. The molecular formula is C42H66O14. The van der Waals surface area contributed by atoms with Crippen LogP contribution in [0.4, 0.5) is 0 Å². The van der Waals surface area contributed by atoms with Gasteiger partial charge in [-0.2, -0.15) is 0 Å². The topological polar surface area (TPSA) is 233 Å². The fourth-order valence-corrected chi connectivity index (χ4v) is 13.5. The maximum Gasteiger partial charge on any atom is 0.335 e. The minimum Gasteiger partial charge on any atom is -0.479 e. The average Bonchev–Trinajstić information content (AvgIpc) is 3.12. The maximum atomic E-state index is 14.6. The number of rotatable bonds is 6. The maximum absolute atomic E-state index is 14.6. The zero-order valence-electron chi connectivity index (χ0n) is 34.0. The van der Waals surface area contributed by atoms with Crippen molar-refractivity contribution >= 4 is 11.9 Å². The van der Waals surface area contributed by atoms with Crippen molar-refractivity contribution < 1.29 is 69.4 Å². The standard InChI is InChI=1S/C42H66O14/c1-37(2)14-16-42(36(52)56-34-30(48)27(45)26(44)22(19-43)53-34)17-15-40(6)20(21(42)18-37)8-9-24-39(5)12-11-25(38(3,4)23(39)10-13-41(24,40)7)54-35-31(49)28(46)29(47)32(55-35)33(50)51/h8,21-32,34-35,43-49H,9-19H2,1-7H3,(H,50,51)/t21?,22-,23+,24?,25+,26-,27-,28+,29+,30+,31-,32+,34+,35-,39+,40-,41-,42+/m1/s1. The number of aliphatic hydroxyl groups is 7. The van der Waals surface area contributed by atoms with Crippen molar-refractivity contribution in [3.63, 3.8) is 0 Å². The molecule has 6 fully saturated rings. The summed E-state index contributed by atoms with van der Waals surface area (Å²) in [6.07, 6.45) is -6.14. The Kier molecular flexibility index (Phi) is 10.8. The van der Waals surface area contributed by atoms with Gasteiger partial charge in [-0.25, -0.2) is 4.79 Å². The molecule has 0 aromatic rings. The van der Waals surface area contributed by atoms with Gasteiger partial charge in [0.15, 0.2) is 12.4 Å². The second-order valence-electron chi connectivity index (χ2n) is 20.7. The van der Waals surface area contributed by atoms with E-state index in [0.717, 1.165) is 44.9 Å². The van der Waals surface area contributed by atoms with E-state index < -0.39 is 96.9 Å². The molecule has 0 bridgehead atoms. The minimum absolute atomic E-state index is 0.0330. The van der Waals surface area contributed by atoms with Gasteiger partial charge in [0.25, 0.3) is 0 Å². The number of ether oxygens (including phenoxy) is 4. The molecule has 0 aromatic heterocycles. The third-order valence-electron chi connectivity index (χ3n) is 17.2. The highest BCUT2D eigenvalue weighted by atomic mass is 16.7. The van der Waals surface area contributed by atoms with Crippen LogP contribution in [0.3, 0.4) is 0 Å². The summed E-state index contributed by atoms with van der Waals surface area (Å²) in [5.41, 5.74) is -0.448. The average molecular weight is 795 g/mol. The van der Waals surface area contributed by atoms with Gasteiger partial charge in [0.2, 0.25) is 6.29 Å². The first-order valence-electron chi connectivity index (χ1n) is 20.8. The van der Waals surface area contributed by atoms with Crippen LogP contribution in [0.1, 0.15) is 113 Å². The van der Waals surface area contributed by atoms with Crippen molar-refractivity contribution in [1.82, 2.24) is 0 Å². The molecule has 2 saturated heterocycles. The molecule has 14 heteroatoms. The summed E-state index contributed by atoms with van der Waals surface area (Å²) in [5, 5.41) is 82.4. The van der Waals surface area contributed by atoms with Gasteiger partial charge in [0.05, 0.1) is 18.1 Å². The fourth-order valence-electron chi connectivity index (χ4n) is 13.5. The van der Waals surface area contributed by atoms with Crippen LogP contribution in [0, 0.1) is 50.2 Å². The molecule has 7 aliphatic rings. The molecule has 2 heterocycles. The lowest BCUT2D eigenvalue weighted by molar-refractivity contribution is -0.324. The quantitative estimate of drug-likeness (QED) is 0.110. The molecule has 0 radical (unpaired) electrons. The highest BCUT2D eigenvalue weighted by Gasteiger charge is 2.70. The predicted molar refractivity (Wildman–Crippen MR) is 198 cm³/mol. The minimum atomic E-state index is -1.79. The van der Waals surface area contributed by atoms with Crippen LogP contribution in [-0.4, -0.2) is 127 Å². The second-order valence-corrected chi connectivity index (χ2v) is 20.7. The molecule has 7 rings (SSSR count). The zero-order chi connectivity index (χ0) is 41.1. The summed E-state index contributed by atoms with van der Waals surface area (Å²) < 4.78 is 23.5. The summed E-state index contributed by atoms with van der Waals surface area (Å²) in [5.74, 6) is -1.52. The van der Waals surface area contributed by atoms with Crippen LogP contribution in [0.2, 0.25) is 0 Å². The van der Waals surface area contributed by atoms with E-state index in [4.69, 9.17) is 18.9 Å². The van der Waals surface area contributed by atoms with Gasteiger partial charge in [0.1, 0.15) is 42.7 Å². The van der Waals surface area contributed by atoms with Crippen molar-refractivity contribution in [3.8, 4) is 0 Å². The number of fused-ring (bicyclic) bond motifs is 7. The van der Waals surface area contributed by atoms with E-state index in [-0.39, 0.29) is 33.5 Å². The van der Waals surface area contributed by atoms with E-state index in [0.29, 0.717) is 25.2 Å². The molecule has 0 spiro atoms. The lowest BCUT2D eigenvalue weighted by Crippen LogP contribution is -2.66. The number of carboxylic acids is 1. The van der Waals surface area contributed by atoms with Crippen LogP contribution in [-0.2, 0) is 28.5 Å². The summed E-state index contributed by atoms with van der Waals surface area (Å²) in [4.78, 5) is 26.4. The molecule has 0 amide bonds. The van der Waals surface area contributed by atoms with E-state index in [9.17, 15) is 50.4 Å². The number of esters is 1. The van der Waals surface area contributed by atoms with Gasteiger partial charge >= 0.3 is 11.9 Å². The first-order valence-corrected chi connectivity index (χ1v) is 20.8. The zero-order valence-corrected chi connectivity index (χ0v) is 34.0. The summed E-state index contributed by atoms with van der Waals surface area (Å²) in [6.45, 7) is 15.5. The Bertz CT molecular complexity index is 1560. The van der Waals surface area contributed by atoms with Crippen molar-refractivity contribution in [3.05, 3.63) is 11.6 Å². The first kappa shape index (κ1) is 42.4. The largest absolute Gasteiger partial charge is 0.479 e.